The van der Waals surface area contributed by atoms with E-state index >= 15 is 4.39 Å². The van der Waals surface area contributed by atoms with Crippen molar-refractivity contribution in [2.45, 2.75) is 35.7 Å². The number of benzene rings is 2. The second kappa shape index (κ2) is 13.9. The predicted molar refractivity (Wildman–Crippen MR) is 163 cm³/mol. The Balaban J connectivity index is 1.38. The Morgan fingerprint density at radius 3 is 2.37 bits per heavy atom. The average molecular weight is 658 g/mol. The van der Waals surface area contributed by atoms with E-state index in [1.54, 1.807) is 0 Å². The molecule has 0 radical (unpaired) electrons. The molecule has 2 aromatic carbocycles. The molecule has 3 heterocycles. The Kier molecular flexibility index (Phi) is 9.96. The molecule has 0 saturated carbocycles. The summed E-state index contributed by atoms with van der Waals surface area (Å²) in [5, 5.41) is 5.73. The molecule has 4 aromatic rings. The van der Waals surface area contributed by atoms with E-state index in [1.165, 1.54) is 41.0 Å². The first-order chi connectivity index (χ1) is 21.9. The molecule has 1 unspecified atom stereocenters. The second-order valence-corrected chi connectivity index (χ2v) is 12.7. The van der Waals surface area contributed by atoms with E-state index in [-0.39, 0.29) is 46.9 Å². The van der Waals surface area contributed by atoms with Gasteiger partial charge in [-0.2, -0.15) is 4.31 Å². The third kappa shape index (κ3) is 7.33. The lowest BCUT2D eigenvalue weighted by Crippen LogP contribution is -2.53. The van der Waals surface area contributed by atoms with Crippen molar-refractivity contribution >= 4 is 27.4 Å². The standard InChI is InChI=1S/C31H31F4N7O3S/c32-20-3-1-18(2-4-20)29(19-11-21(33)13-22(34)12-19)30(37)31(43)41-27-17-39-16-26(35)25(27)7-5-23-14-38-9-10-42(23)46(44,45)24-6-8-28(36)40-15-24/h1-4,6,8,11-13,15-17,23,29-30,38H,5,7,9-10,14,37H2,(H2,36,40)(H,41,43)/t23-,29?,30-/m0/s1. The van der Waals surface area contributed by atoms with Gasteiger partial charge in [-0.15, -0.1) is 0 Å². The Morgan fingerprint density at radius 2 is 1.70 bits per heavy atom. The summed E-state index contributed by atoms with van der Waals surface area (Å²) in [5.74, 6) is -4.86. The maximum atomic E-state index is 15.2. The highest BCUT2D eigenvalue weighted by Gasteiger charge is 2.34. The summed E-state index contributed by atoms with van der Waals surface area (Å²) < 4.78 is 85.4. The number of hydrogen-bond donors (Lipinski definition) is 4. The minimum Gasteiger partial charge on any atom is -0.384 e. The summed E-state index contributed by atoms with van der Waals surface area (Å²) in [6.45, 7) is 0.871. The number of pyridine rings is 2. The van der Waals surface area contributed by atoms with E-state index < -0.39 is 57.2 Å². The van der Waals surface area contributed by atoms with Crippen LogP contribution in [0.2, 0.25) is 0 Å². The number of nitrogens with zero attached hydrogens (tertiary/aromatic N) is 3. The van der Waals surface area contributed by atoms with Crippen LogP contribution in [0.25, 0.3) is 0 Å². The van der Waals surface area contributed by atoms with E-state index in [2.05, 4.69) is 20.6 Å². The van der Waals surface area contributed by atoms with Gasteiger partial charge in [0.05, 0.1) is 24.1 Å². The molecule has 0 spiro atoms. The number of amides is 1. The summed E-state index contributed by atoms with van der Waals surface area (Å²) in [4.78, 5) is 21.2. The number of nitrogen functional groups attached to an aromatic ring is 1. The van der Waals surface area contributed by atoms with E-state index in [4.69, 9.17) is 11.5 Å². The minimum absolute atomic E-state index is 0.00799. The lowest BCUT2D eigenvalue weighted by atomic mass is 9.84. The zero-order valence-corrected chi connectivity index (χ0v) is 25.2. The van der Waals surface area contributed by atoms with Gasteiger partial charge in [-0.05, 0) is 60.4 Å². The molecular weight excluding hydrogens is 626 g/mol. The smallest absolute Gasteiger partial charge is 0.244 e. The van der Waals surface area contributed by atoms with Crippen molar-refractivity contribution < 1.29 is 30.8 Å². The van der Waals surface area contributed by atoms with Crippen LogP contribution in [0.1, 0.15) is 29.0 Å². The number of sulfonamides is 1. The zero-order chi connectivity index (χ0) is 33.0. The van der Waals surface area contributed by atoms with Crippen LogP contribution < -0.4 is 22.1 Å². The highest BCUT2D eigenvalue weighted by atomic mass is 32.2. The van der Waals surface area contributed by atoms with Gasteiger partial charge in [-0.3, -0.25) is 9.78 Å². The second-order valence-electron chi connectivity index (χ2n) is 10.8. The van der Waals surface area contributed by atoms with Crippen molar-refractivity contribution in [1.82, 2.24) is 19.6 Å². The Labute approximate surface area is 262 Å². The molecule has 1 aliphatic heterocycles. The molecule has 3 atom stereocenters. The van der Waals surface area contributed by atoms with Crippen LogP contribution in [0, 0.1) is 23.3 Å². The van der Waals surface area contributed by atoms with Gasteiger partial charge in [0.2, 0.25) is 15.9 Å². The number of halogens is 4. The number of nitrogens with two attached hydrogens (primary N) is 2. The van der Waals surface area contributed by atoms with Gasteiger partial charge in [0.1, 0.15) is 34.0 Å². The maximum Gasteiger partial charge on any atom is 0.244 e. The lowest BCUT2D eigenvalue weighted by Gasteiger charge is -2.35. The van der Waals surface area contributed by atoms with Crippen LogP contribution >= 0.6 is 0 Å². The molecule has 6 N–H and O–H groups in total. The fraction of sp³-hybridized carbons (Fsp3) is 0.258. The number of hydrogen-bond acceptors (Lipinski definition) is 8. The third-order valence-corrected chi connectivity index (χ3v) is 9.72. The predicted octanol–water partition coefficient (Wildman–Crippen LogP) is 3.31. The van der Waals surface area contributed by atoms with Crippen LogP contribution in [0.4, 0.5) is 29.1 Å². The van der Waals surface area contributed by atoms with Crippen LogP contribution in [0.3, 0.4) is 0 Å². The molecule has 242 valence electrons. The van der Waals surface area contributed by atoms with Gasteiger partial charge < -0.3 is 22.1 Å². The maximum absolute atomic E-state index is 15.2. The number of carbonyl (C=O) groups excluding carboxylic acids is 1. The first-order valence-corrected chi connectivity index (χ1v) is 15.7. The average Bonchev–Trinajstić information content (AvgIpc) is 3.01. The molecule has 10 nitrogen and oxygen atoms in total. The number of piperazine rings is 1. The Bertz CT molecular complexity index is 1790. The topological polar surface area (TPSA) is 156 Å². The molecule has 1 saturated heterocycles. The summed E-state index contributed by atoms with van der Waals surface area (Å²) >= 11 is 0. The normalized spacial score (nSPS) is 16.9. The van der Waals surface area contributed by atoms with Gasteiger partial charge >= 0.3 is 0 Å². The monoisotopic (exact) mass is 657 g/mol. The number of carbonyl (C=O) groups is 1. The zero-order valence-electron chi connectivity index (χ0n) is 24.3. The molecular formula is C31H31F4N7O3S. The van der Waals surface area contributed by atoms with Gasteiger partial charge in [-0.1, -0.05) is 12.1 Å². The molecule has 5 rings (SSSR count). The Morgan fingerprint density at radius 1 is 0.978 bits per heavy atom. The lowest BCUT2D eigenvalue weighted by molar-refractivity contribution is -0.117. The van der Waals surface area contributed by atoms with Crippen molar-refractivity contribution in [3.8, 4) is 0 Å². The number of rotatable bonds is 10. The fourth-order valence-corrected chi connectivity index (χ4v) is 7.12. The summed E-state index contributed by atoms with van der Waals surface area (Å²) in [7, 11) is -3.95. The van der Waals surface area contributed by atoms with Crippen LogP contribution in [-0.4, -0.2) is 60.3 Å². The van der Waals surface area contributed by atoms with E-state index in [0.29, 0.717) is 24.7 Å². The highest BCUT2D eigenvalue weighted by molar-refractivity contribution is 7.89. The molecule has 0 bridgehead atoms. The molecule has 1 aliphatic rings. The largest absolute Gasteiger partial charge is 0.384 e. The first-order valence-electron chi connectivity index (χ1n) is 14.3. The summed E-state index contributed by atoms with van der Waals surface area (Å²) in [6, 6.07) is 8.41. The van der Waals surface area contributed by atoms with Gasteiger partial charge in [-0.25, -0.2) is 31.0 Å². The van der Waals surface area contributed by atoms with Crippen LogP contribution in [0.5, 0.6) is 0 Å². The van der Waals surface area contributed by atoms with Crippen molar-refractivity contribution in [3.63, 3.8) is 0 Å². The molecule has 1 fully saturated rings. The SMILES string of the molecule is Nc1ccc(S(=O)(=O)N2CCNC[C@@H]2CCc2c(F)cncc2NC(=O)[C@@H](N)C(c2ccc(F)cc2)c2cc(F)cc(F)c2)cn1. The van der Waals surface area contributed by atoms with E-state index in [0.717, 1.165) is 30.5 Å². The third-order valence-electron chi connectivity index (χ3n) is 7.79. The van der Waals surface area contributed by atoms with Gasteiger partial charge in [0, 0.05) is 49.4 Å². The fourth-order valence-electron chi connectivity index (χ4n) is 5.52. The van der Waals surface area contributed by atoms with Crippen molar-refractivity contribution in [1.29, 1.82) is 0 Å². The number of anilines is 2. The quantitative estimate of drug-likeness (QED) is 0.189. The number of nitrogens with one attached hydrogen (secondary N) is 2. The molecule has 15 heteroatoms. The van der Waals surface area contributed by atoms with E-state index in [1.807, 2.05) is 0 Å². The molecule has 2 aromatic heterocycles. The Hall–Kier alpha value is -4.44. The van der Waals surface area contributed by atoms with Crippen molar-refractivity contribution in [3.05, 3.63) is 113 Å². The minimum atomic E-state index is -3.95. The van der Waals surface area contributed by atoms with Crippen LogP contribution in [0.15, 0.2) is 78.1 Å². The van der Waals surface area contributed by atoms with Crippen molar-refractivity contribution in [2.24, 2.45) is 5.73 Å². The molecule has 0 aliphatic carbocycles. The molecule has 1 amide bonds. The summed E-state index contributed by atoms with van der Waals surface area (Å²) in [6.07, 6.45) is 3.56. The van der Waals surface area contributed by atoms with E-state index in [9.17, 15) is 26.4 Å². The van der Waals surface area contributed by atoms with Crippen molar-refractivity contribution in [2.75, 3.05) is 30.7 Å². The van der Waals surface area contributed by atoms with Crippen LogP contribution in [-0.2, 0) is 21.2 Å². The highest BCUT2D eigenvalue weighted by Crippen LogP contribution is 2.31. The van der Waals surface area contributed by atoms with Gasteiger partial charge in [0.25, 0.3) is 0 Å². The first kappa shape index (κ1) is 32.9. The van der Waals surface area contributed by atoms with Gasteiger partial charge in [0.15, 0.2) is 0 Å². The summed E-state index contributed by atoms with van der Waals surface area (Å²) in [5.41, 5.74) is 12.4. The number of aromatic nitrogens is 2. The molecule has 46 heavy (non-hydrogen) atoms.